The number of rotatable bonds is 3. The second-order valence-corrected chi connectivity index (χ2v) is 7.32. The van der Waals surface area contributed by atoms with E-state index in [1.807, 2.05) is 22.6 Å². The molecule has 0 unspecified atom stereocenters. The summed E-state index contributed by atoms with van der Waals surface area (Å²) in [5.41, 5.74) is 0.0115. The van der Waals surface area contributed by atoms with Gasteiger partial charge >= 0.3 is 6.18 Å². The molecule has 2 rings (SSSR count). The Balaban J connectivity index is 2.24. The van der Waals surface area contributed by atoms with Gasteiger partial charge in [-0.05, 0) is 47.2 Å². The normalized spacial score (nSPS) is 17.4. The van der Waals surface area contributed by atoms with Crippen LogP contribution in [-0.2, 0) is 10.0 Å². The van der Waals surface area contributed by atoms with Gasteiger partial charge in [-0.1, -0.05) is 0 Å². The fourth-order valence-corrected chi connectivity index (χ4v) is 4.23. The molecule has 1 aliphatic heterocycles. The molecular formula is C11H9F3INO3S. The van der Waals surface area contributed by atoms with Gasteiger partial charge in [0.25, 0.3) is 15.9 Å². The lowest BCUT2D eigenvalue weighted by Gasteiger charge is -2.15. The molecule has 9 heteroatoms. The second-order valence-electron chi connectivity index (χ2n) is 4.24. The van der Waals surface area contributed by atoms with Crippen LogP contribution in [0.1, 0.15) is 23.2 Å². The third kappa shape index (κ3) is 2.92. The fourth-order valence-electron chi connectivity index (χ4n) is 1.89. The van der Waals surface area contributed by atoms with Crippen molar-refractivity contribution in [2.24, 2.45) is 0 Å². The summed E-state index contributed by atoms with van der Waals surface area (Å²) in [6.07, 6.45) is -5.94. The van der Waals surface area contributed by atoms with Gasteiger partial charge in [-0.3, -0.25) is 4.79 Å². The molecule has 0 saturated carbocycles. The van der Waals surface area contributed by atoms with E-state index in [9.17, 15) is 26.4 Å². The maximum atomic E-state index is 12.1. The van der Waals surface area contributed by atoms with E-state index in [0.717, 1.165) is 0 Å². The van der Waals surface area contributed by atoms with E-state index in [4.69, 9.17) is 0 Å². The molecule has 1 aromatic rings. The highest BCUT2D eigenvalue weighted by atomic mass is 127. The van der Waals surface area contributed by atoms with E-state index in [1.165, 1.54) is 12.1 Å². The number of alkyl halides is 3. The SMILES string of the molecule is O=C1c2ccc(I)cc2S(=O)(=O)N1CCCC(F)(F)F. The lowest BCUT2D eigenvalue weighted by Crippen LogP contribution is -2.31. The first-order valence-electron chi connectivity index (χ1n) is 5.56. The standard InChI is InChI=1S/C11H9F3INO3S/c12-11(13,14)4-1-5-16-10(17)8-3-2-7(15)6-9(8)20(16,18)19/h2-3,6H,1,4-5H2. The van der Waals surface area contributed by atoms with E-state index in [1.54, 1.807) is 6.07 Å². The minimum Gasteiger partial charge on any atom is -0.268 e. The Bertz CT molecular complexity index is 657. The maximum Gasteiger partial charge on any atom is 0.389 e. The molecule has 0 saturated heterocycles. The summed E-state index contributed by atoms with van der Waals surface area (Å²) in [5.74, 6) is -0.765. The van der Waals surface area contributed by atoms with Crippen LogP contribution in [-0.4, -0.2) is 31.4 Å². The summed E-state index contributed by atoms with van der Waals surface area (Å²) in [5, 5.41) is 0. The van der Waals surface area contributed by atoms with Crippen LogP contribution in [0, 0.1) is 3.57 Å². The van der Waals surface area contributed by atoms with Crippen LogP contribution in [0.3, 0.4) is 0 Å². The minimum atomic E-state index is -4.37. The quantitative estimate of drug-likeness (QED) is 0.709. The van der Waals surface area contributed by atoms with E-state index < -0.39 is 41.5 Å². The van der Waals surface area contributed by atoms with Crippen LogP contribution in [0.5, 0.6) is 0 Å². The number of carbonyl (C=O) groups is 1. The number of benzene rings is 1. The van der Waals surface area contributed by atoms with Crippen LogP contribution in [0.4, 0.5) is 13.2 Å². The topological polar surface area (TPSA) is 54.5 Å². The first kappa shape index (κ1) is 15.5. The zero-order valence-corrected chi connectivity index (χ0v) is 12.9. The van der Waals surface area contributed by atoms with E-state index in [0.29, 0.717) is 7.88 Å². The van der Waals surface area contributed by atoms with Crippen molar-refractivity contribution in [3.63, 3.8) is 0 Å². The molecule has 0 N–H and O–H groups in total. The van der Waals surface area contributed by atoms with Gasteiger partial charge in [0.05, 0.1) is 5.56 Å². The third-order valence-corrected chi connectivity index (χ3v) is 5.28. The van der Waals surface area contributed by atoms with E-state index >= 15 is 0 Å². The van der Waals surface area contributed by atoms with Crippen molar-refractivity contribution >= 4 is 38.5 Å². The summed E-state index contributed by atoms with van der Waals surface area (Å²) in [6, 6.07) is 4.29. The molecule has 1 aliphatic rings. The molecule has 0 atom stereocenters. The molecule has 20 heavy (non-hydrogen) atoms. The summed E-state index contributed by atoms with van der Waals surface area (Å²) in [4.78, 5) is 11.8. The van der Waals surface area contributed by atoms with Crippen molar-refractivity contribution in [2.45, 2.75) is 23.9 Å². The smallest absolute Gasteiger partial charge is 0.268 e. The zero-order chi connectivity index (χ0) is 15.1. The third-order valence-electron chi connectivity index (χ3n) is 2.79. The summed E-state index contributed by atoms with van der Waals surface area (Å²) >= 11 is 1.90. The molecule has 0 fully saturated rings. The van der Waals surface area contributed by atoms with Gasteiger partial charge in [0.15, 0.2) is 0 Å². The first-order valence-corrected chi connectivity index (χ1v) is 8.08. The minimum absolute atomic E-state index is 0.0115. The monoisotopic (exact) mass is 419 g/mol. The molecule has 0 spiro atoms. The highest BCUT2D eigenvalue weighted by molar-refractivity contribution is 14.1. The molecule has 1 heterocycles. The predicted octanol–water partition coefficient (Wildman–Crippen LogP) is 2.78. The number of halogens is 4. The molecular weight excluding hydrogens is 410 g/mol. The van der Waals surface area contributed by atoms with Crippen molar-refractivity contribution in [2.75, 3.05) is 6.54 Å². The predicted molar refractivity (Wildman–Crippen MR) is 72.7 cm³/mol. The average molecular weight is 419 g/mol. The van der Waals surface area contributed by atoms with Crippen molar-refractivity contribution in [3.8, 4) is 0 Å². The number of hydrogen-bond acceptors (Lipinski definition) is 3. The number of fused-ring (bicyclic) bond motifs is 1. The molecule has 0 bridgehead atoms. The van der Waals surface area contributed by atoms with Crippen molar-refractivity contribution < 1.29 is 26.4 Å². The van der Waals surface area contributed by atoms with Crippen LogP contribution in [0.15, 0.2) is 23.1 Å². The largest absolute Gasteiger partial charge is 0.389 e. The first-order chi connectivity index (χ1) is 9.13. The highest BCUT2D eigenvalue weighted by Crippen LogP contribution is 2.32. The average Bonchev–Trinajstić information content (AvgIpc) is 2.48. The summed E-state index contributed by atoms with van der Waals surface area (Å²) < 4.78 is 61.6. The lowest BCUT2D eigenvalue weighted by molar-refractivity contribution is -0.135. The van der Waals surface area contributed by atoms with Gasteiger partial charge in [0.1, 0.15) is 4.90 Å². The number of amides is 1. The van der Waals surface area contributed by atoms with Crippen LogP contribution in [0.25, 0.3) is 0 Å². The van der Waals surface area contributed by atoms with Gasteiger partial charge in [0.2, 0.25) is 0 Å². The Hall–Kier alpha value is -0.840. The van der Waals surface area contributed by atoms with Gasteiger partial charge in [-0.15, -0.1) is 0 Å². The second kappa shape index (κ2) is 5.17. The van der Waals surface area contributed by atoms with Crippen molar-refractivity contribution in [1.29, 1.82) is 0 Å². The highest BCUT2D eigenvalue weighted by Gasteiger charge is 2.41. The van der Waals surface area contributed by atoms with Gasteiger partial charge < -0.3 is 0 Å². The van der Waals surface area contributed by atoms with Gasteiger partial charge in [-0.2, -0.15) is 13.2 Å². The molecule has 110 valence electrons. The van der Waals surface area contributed by atoms with E-state index in [-0.39, 0.29) is 10.5 Å². The number of nitrogens with zero attached hydrogens (tertiary/aromatic N) is 1. The maximum absolute atomic E-state index is 12.1. The lowest BCUT2D eigenvalue weighted by atomic mass is 10.2. The Labute approximate surface area is 127 Å². The molecule has 1 amide bonds. The van der Waals surface area contributed by atoms with Crippen LogP contribution < -0.4 is 0 Å². The molecule has 0 radical (unpaired) electrons. The van der Waals surface area contributed by atoms with Gasteiger partial charge in [0, 0.05) is 16.5 Å². The van der Waals surface area contributed by atoms with Crippen molar-refractivity contribution in [3.05, 3.63) is 27.3 Å². The molecule has 4 nitrogen and oxygen atoms in total. The van der Waals surface area contributed by atoms with Crippen LogP contribution >= 0.6 is 22.6 Å². The number of carbonyl (C=O) groups excluding carboxylic acids is 1. The number of sulfonamides is 1. The molecule has 0 aliphatic carbocycles. The summed E-state index contributed by atoms with van der Waals surface area (Å²) in [6.45, 7) is -0.466. The zero-order valence-electron chi connectivity index (χ0n) is 9.95. The van der Waals surface area contributed by atoms with Crippen LogP contribution in [0.2, 0.25) is 0 Å². The Morgan fingerprint density at radius 1 is 1.25 bits per heavy atom. The fraction of sp³-hybridized carbons (Fsp3) is 0.364. The van der Waals surface area contributed by atoms with E-state index in [2.05, 4.69) is 0 Å². The van der Waals surface area contributed by atoms with Gasteiger partial charge in [-0.25, -0.2) is 12.7 Å². The Kier molecular flexibility index (Phi) is 4.02. The molecule has 0 aromatic heterocycles. The Morgan fingerprint density at radius 3 is 2.50 bits per heavy atom. The number of hydrogen-bond donors (Lipinski definition) is 0. The summed E-state index contributed by atoms with van der Waals surface area (Å²) in [7, 11) is -4.02. The molecule has 1 aromatic carbocycles. The Morgan fingerprint density at radius 2 is 1.90 bits per heavy atom. The van der Waals surface area contributed by atoms with Crippen molar-refractivity contribution in [1.82, 2.24) is 4.31 Å².